The molecule has 3 aliphatic rings. The van der Waals surface area contributed by atoms with Crippen molar-refractivity contribution in [3.05, 3.63) is 22.4 Å². The van der Waals surface area contributed by atoms with Gasteiger partial charge < -0.3 is 14.5 Å². The SMILES string of the molecule is O=C(C1CCCN1C(=O)c1cccs1)N(CC1CCCO1)C1CCS(=O)(=O)C1. The fraction of sp³-hybridized carbons (Fsp3) is 0.684. The van der Waals surface area contributed by atoms with Gasteiger partial charge >= 0.3 is 0 Å². The molecule has 1 aromatic heterocycles. The number of carbonyl (C=O) groups excluding carboxylic acids is 2. The molecule has 1 aromatic rings. The van der Waals surface area contributed by atoms with Gasteiger partial charge in [0.2, 0.25) is 5.91 Å². The average Bonchev–Trinajstić information content (AvgIpc) is 3.45. The van der Waals surface area contributed by atoms with E-state index in [4.69, 9.17) is 4.74 Å². The molecule has 4 heterocycles. The number of hydrogen-bond donors (Lipinski definition) is 0. The number of likely N-dealkylation sites (tertiary alicyclic amines) is 1. The van der Waals surface area contributed by atoms with Crippen LogP contribution in [0.15, 0.2) is 17.5 Å². The minimum absolute atomic E-state index is 0.0110. The Labute approximate surface area is 169 Å². The molecule has 3 atom stereocenters. The third-order valence-electron chi connectivity index (χ3n) is 5.89. The topological polar surface area (TPSA) is 84.0 Å². The highest BCUT2D eigenvalue weighted by molar-refractivity contribution is 7.91. The molecule has 0 spiro atoms. The van der Waals surface area contributed by atoms with Crippen LogP contribution in [0.5, 0.6) is 0 Å². The zero-order valence-corrected chi connectivity index (χ0v) is 17.4. The van der Waals surface area contributed by atoms with E-state index in [0.29, 0.717) is 37.4 Å². The quantitative estimate of drug-likeness (QED) is 0.713. The van der Waals surface area contributed by atoms with Gasteiger partial charge in [-0.25, -0.2) is 8.42 Å². The Hall–Kier alpha value is -1.45. The number of hydrogen-bond acceptors (Lipinski definition) is 6. The van der Waals surface area contributed by atoms with Crippen LogP contribution >= 0.6 is 11.3 Å². The predicted octanol–water partition coefficient (Wildman–Crippen LogP) is 1.55. The molecular formula is C19H26N2O5S2. The van der Waals surface area contributed by atoms with Gasteiger partial charge in [-0.15, -0.1) is 11.3 Å². The number of thiophene rings is 1. The molecular weight excluding hydrogens is 400 g/mol. The molecule has 3 saturated heterocycles. The molecule has 0 bridgehead atoms. The van der Waals surface area contributed by atoms with Crippen LogP contribution in [0, 0.1) is 0 Å². The van der Waals surface area contributed by atoms with Crippen molar-refractivity contribution in [2.45, 2.75) is 50.3 Å². The Kier molecular flexibility index (Phi) is 5.76. The van der Waals surface area contributed by atoms with Gasteiger partial charge in [0, 0.05) is 25.7 Å². The molecule has 154 valence electrons. The maximum Gasteiger partial charge on any atom is 0.264 e. The molecule has 28 heavy (non-hydrogen) atoms. The average molecular weight is 427 g/mol. The molecule has 0 radical (unpaired) electrons. The van der Waals surface area contributed by atoms with E-state index in [1.165, 1.54) is 11.3 Å². The first-order valence-electron chi connectivity index (χ1n) is 9.91. The van der Waals surface area contributed by atoms with Gasteiger partial charge in [0.25, 0.3) is 5.91 Å². The van der Waals surface area contributed by atoms with E-state index in [1.807, 2.05) is 11.4 Å². The van der Waals surface area contributed by atoms with Gasteiger partial charge in [-0.3, -0.25) is 9.59 Å². The Morgan fingerprint density at radius 3 is 2.75 bits per heavy atom. The van der Waals surface area contributed by atoms with E-state index in [0.717, 1.165) is 19.3 Å². The maximum atomic E-state index is 13.5. The van der Waals surface area contributed by atoms with Gasteiger partial charge in [0.05, 0.1) is 22.5 Å². The Bertz CT molecular complexity index is 817. The zero-order valence-electron chi connectivity index (χ0n) is 15.8. The molecule has 9 heteroatoms. The summed E-state index contributed by atoms with van der Waals surface area (Å²) >= 11 is 1.38. The summed E-state index contributed by atoms with van der Waals surface area (Å²) in [5.74, 6) is -0.103. The fourth-order valence-electron chi connectivity index (χ4n) is 4.45. The number of rotatable bonds is 5. The van der Waals surface area contributed by atoms with Crippen LogP contribution in [0.2, 0.25) is 0 Å². The molecule has 0 aromatic carbocycles. The Morgan fingerprint density at radius 1 is 1.25 bits per heavy atom. The Balaban J connectivity index is 1.54. The summed E-state index contributed by atoms with van der Waals surface area (Å²) in [5, 5.41) is 1.85. The third-order valence-corrected chi connectivity index (χ3v) is 8.50. The summed E-state index contributed by atoms with van der Waals surface area (Å²) < 4.78 is 29.8. The molecule has 0 saturated carbocycles. The lowest BCUT2D eigenvalue weighted by molar-refractivity contribution is -0.139. The van der Waals surface area contributed by atoms with Crippen LogP contribution in [-0.4, -0.2) is 79.4 Å². The van der Waals surface area contributed by atoms with E-state index in [1.54, 1.807) is 15.9 Å². The fourth-order valence-corrected chi connectivity index (χ4v) is 6.86. The smallest absolute Gasteiger partial charge is 0.264 e. The number of amides is 2. The summed E-state index contributed by atoms with van der Waals surface area (Å²) in [5.41, 5.74) is 0. The van der Waals surface area contributed by atoms with Crippen molar-refractivity contribution >= 4 is 33.0 Å². The minimum Gasteiger partial charge on any atom is -0.376 e. The van der Waals surface area contributed by atoms with Crippen LogP contribution in [0.3, 0.4) is 0 Å². The molecule has 0 aliphatic carbocycles. The number of carbonyl (C=O) groups is 2. The highest BCUT2D eigenvalue weighted by Crippen LogP contribution is 2.28. The predicted molar refractivity (Wildman–Crippen MR) is 106 cm³/mol. The highest BCUT2D eigenvalue weighted by atomic mass is 32.2. The van der Waals surface area contributed by atoms with Crippen molar-refractivity contribution < 1.29 is 22.7 Å². The molecule has 3 unspecified atom stereocenters. The second-order valence-electron chi connectivity index (χ2n) is 7.82. The third kappa shape index (κ3) is 4.11. The first-order valence-corrected chi connectivity index (χ1v) is 12.6. The van der Waals surface area contributed by atoms with Gasteiger partial charge in [-0.05, 0) is 43.6 Å². The van der Waals surface area contributed by atoms with Crippen LogP contribution < -0.4 is 0 Å². The van der Waals surface area contributed by atoms with Crippen LogP contribution in [0.25, 0.3) is 0 Å². The zero-order chi connectivity index (χ0) is 19.7. The number of sulfone groups is 1. The first-order chi connectivity index (χ1) is 13.4. The Morgan fingerprint density at radius 2 is 2.11 bits per heavy atom. The molecule has 3 fully saturated rings. The second kappa shape index (κ2) is 8.12. The molecule has 3 aliphatic heterocycles. The van der Waals surface area contributed by atoms with Gasteiger partial charge in [0.15, 0.2) is 9.84 Å². The van der Waals surface area contributed by atoms with E-state index >= 15 is 0 Å². The van der Waals surface area contributed by atoms with Gasteiger partial charge in [-0.2, -0.15) is 0 Å². The molecule has 2 amide bonds. The molecule has 0 N–H and O–H groups in total. The summed E-state index contributed by atoms with van der Waals surface area (Å²) in [4.78, 5) is 30.4. The van der Waals surface area contributed by atoms with Gasteiger partial charge in [-0.1, -0.05) is 6.07 Å². The van der Waals surface area contributed by atoms with E-state index in [2.05, 4.69) is 0 Å². The van der Waals surface area contributed by atoms with Crippen molar-refractivity contribution in [3.63, 3.8) is 0 Å². The summed E-state index contributed by atoms with van der Waals surface area (Å²) in [6.45, 7) is 1.66. The summed E-state index contributed by atoms with van der Waals surface area (Å²) in [7, 11) is -3.11. The summed E-state index contributed by atoms with van der Waals surface area (Å²) in [6.07, 6.45) is 3.66. The van der Waals surface area contributed by atoms with Crippen LogP contribution in [-0.2, 0) is 19.4 Å². The minimum atomic E-state index is -3.11. The molecule has 4 rings (SSSR count). The lowest BCUT2D eigenvalue weighted by Gasteiger charge is -2.35. The van der Waals surface area contributed by atoms with Crippen molar-refractivity contribution in [3.8, 4) is 0 Å². The lowest BCUT2D eigenvalue weighted by atomic mass is 10.1. The van der Waals surface area contributed by atoms with Crippen LogP contribution in [0.4, 0.5) is 0 Å². The van der Waals surface area contributed by atoms with E-state index < -0.39 is 15.9 Å². The number of nitrogens with zero attached hydrogens (tertiary/aromatic N) is 2. The van der Waals surface area contributed by atoms with Crippen LogP contribution in [0.1, 0.15) is 41.8 Å². The van der Waals surface area contributed by atoms with Crippen molar-refractivity contribution in [1.82, 2.24) is 9.80 Å². The first kappa shape index (κ1) is 19.8. The monoisotopic (exact) mass is 426 g/mol. The van der Waals surface area contributed by atoms with Crippen molar-refractivity contribution in [2.75, 3.05) is 31.2 Å². The summed E-state index contributed by atoms with van der Waals surface area (Å²) in [6, 6.07) is 2.78. The van der Waals surface area contributed by atoms with Crippen molar-refractivity contribution in [1.29, 1.82) is 0 Å². The standard InChI is InChI=1S/C19H26N2O5S2/c22-18(16-5-1-8-20(16)19(23)17-6-3-10-27-17)21(12-15-4-2-9-26-15)14-7-11-28(24,25)13-14/h3,6,10,14-16H,1-2,4-5,7-9,11-13H2. The maximum absolute atomic E-state index is 13.5. The van der Waals surface area contributed by atoms with Gasteiger partial charge in [0.1, 0.15) is 6.04 Å². The highest BCUT2D eigenvalue weighted by Gasteiger charge is 2.42. The van der Waals surface area contributed by atoms with E-state index in [-0.39, 0.29) is 35.5 Å². The lowest BCUT2D eigenvalue weighted by Crippen LogP contribution is -2.53. The normalized spacial score (nSPS) is 29.3. The van der Waals surface area contributed by atoms with Crippen molar-refractivity contribution in [2.24, 2.45) is 0 Å². The molecule has 7 nitrogen and oxygen atoms in total. The second-order valence-corrected chi connectivity index (χ2v) is 11.0. The van der Waals surface area contributed by atoms with E-state index in [9.17, 15) is 18.0 Å². The largest absolute Gasteiger partial charge is 0.376 e. The number of ether oxygens (including phenoxy) is 1.